The van der Waals surface area contributed by atoms with E-state index < -0.39 is 26.4 Å². The minimum Gasteiger partial charge on any atom is -0.489 e. The van der Waals surface area contributed by atoms with E-state index in [0.29, 0.717) is 30.9 Å². The molecule has 2 N–H and O–H groups in total. The number of fused-ring (bicyclic) bond motifs is 2. The van der Waals surface area contributed by atoms with Crippen molar-refractivity contribution in [2.45, 2.75) is 50.3 Å². The Morgan fingerprint density at radius 3 is 2.48 bits per heavy atom. The largest absolute Gasteiger partial charge is 0.489 e. The number of esters is 1. The van der Waals surface area contributed by atoms with Gasteiger partial charge in [0.15, 0.2) is 0 Å². The molecule has 0 saturated heterocycles. The third kappa shape index (κ3) is 4.29. The monoisotopic (exact) mass is 440 g/mol. The number of aliphatic hydroxyl groups excluding tert-OH is 1. The van der Waals surface area contributed by atoms with Gasteiger partial charge in [-0.3, -0.25) is 4.79 Å². The minimum atomic E-state index is -1.43. The number of hydrogen-bond donors (Lipinski definition) is 2. The number of hydrogen-bond acceptors (Lipinski definition) is 5. The summed E-state index contributed by atoms with van der Waals surface area (Å²) in [4.78, 5) is 12.8. The van der Waals surface area contributed by atoms with Crippen LogP contribution in [0.2, 0.25) is 19.1 Å². The fourth-order valence-corrected chi connectivity index (χ4v) is 5.79. The van der Waals surface area contributed by atoms with E-state index in [-0.39, 0.29) is 17.8 Å². The van der Waals surface area contributed by atoms with Crippen LogP contribution in [-0.2, 0) is 21.7 Å². The van der Waals surface area contributed by atoms with Crippen molar-refractivity contribution in [2.75, 3.05) is 6.61 Å². The Hall–Kier alpha value is -2.15. The molecular formula is C25H32O5Si. The molecule has 4 rings (SSSR count). The molecule has 5 unspecified atom stereocenters. The van der Waals surface area contributed by atoms with E-state index in [9.17, 15) is 15.0 Å². The topological polar surface area (TPSA) is 76.0 Å². The highest BCUT2D eigenvalue weighted by Gasteiger charge is 2.65. The van der Waals surface area contributed by atoms with Gasteiger partial charge in [0.25, 0.3) is 0 Å². The standard InChI is InChI=1S/C25H32O5Si/c1-31(2)15-14-29-24(27)22-20-12-13-21(22)25(28,23(20)26)18-8-10-19(11-9-18)30-16-17-6-4-3-5-7-17/h3-11,20-23,26,28,31H,12-16H2,1-2H3. The van der Waals surface area contributed by atoms with Crippen LogP contribution in [0, 0.1) is 17.8 Å². The van der Waals surface area contributed by atoms with Crippen molar-refractivity contribution in [3.8, 4) is 5.75 Å². The maximum Gasteiger partial charge on any atom is 0.309 e. The van der Waals surface area contributed by atoms with Gasteiger partial charge in [0.1, 0.15) is 18.0 Å². The van der Waals surface area contributed by atoms with Crippen LogP contribution < -0.4 is 4.74 Å². The van der Waals surface area contributed by atoms with Gasteiger partial charge < -0.3 is 19.7 Å². The fraction of sp³-hybridized carbons (Fsp3) is 0.480. The molecule has 0 spiro atoms. The SMILES string of the molecule is C[SiH](C)CCOC(=O)C1C2CCC1C(O)(c1ccc(OCc3ccccc3)cc1)C2O. The molecule has 2 aromatic carbocycles. The van der Waals surface area contributed by atoms with E-state index in [1.165, 1.54) is 0 Å². The zero-order chi connectivity index (χ0) is 22.0. The second-order valence-electron chi connectivity index (χ2n) is 9.29. The van der Waals surface area contributed by atoms with E-state index in [1.54, 1.807) is 12.1 Å². The summed E-state index contributed by atoms with van der Waals surface area (Å²) in [6.07, 6.45) is 0.480. The lowest BCUT2D eigenvalue weighted by Gasteiger charge is -2.37. The highest BCUT2D eigenvalue weighted by Crippen LogP contribution is 2.59. The molecule has 0 heterocycles. The summed E-state index contributed by atoms with van der Waals surface area (Å²) < 4.78 is 11.4. The van der Waals surface area contributed by atoms with E-state index in [4.69, 9.17) is 9.47 Å². The van der Waals surface area contributed by atoms with E-state index in [1.807, 2.05) is 42.5 Å². The van der Waals surface area contributed by atoms with E-state index in [0.717, 1.165) is 18.0 Å². The maximum atomic E-state index is 12.8. The molecular weight excluding hydrogens is 408 g/mol. The summed E-state index contributed by atoms with van der Waals surface area (Å²) in [6.45, 7) is 5.36. The van der Waals surface area contributed by atoms with Gasteiger partial charge in [-0.2, -0.15) is 0 Å². The Kier molecular flexibility index (Phi) is 6.51. The zero-order valence-corrected chi connectivity index (χ0v) is 19.4. The molecule has 0 aliphatic heterocycles. The van der Waals surface area contributed by atoms with Gasteiger partial charge in [-0.05, 0) is 42.1 Å². The second kappa shape index (κ2) is 9.15. The van der Waals surface area contributed by atoms with Crippen LogP contribution in [0.4, 0.5) is 0 Å². The molecule has 0 amide bonds. The predicted molar refractivity (Wildman–Crippen MR) is 121 cm³/mol. The average molecular weight is 441 g/mol. The summed E-state index contributed by atoms with van der Waals surface area (Å²) in [5, 5.41) is 22.5. The highest BCUT2D eigenvalue weighted by molar-refractivity contribution is 6.55. The highest BCUT2D eigenvalue weighted by atomic mass is 28.3. The van der Waals surface area contributed by atoms with Crippen LogP contribution in [0.25, 0.3) is 0 Å². The van der Waals surface area contributed by atoms with Crippen LogP contribution in [0.3, 0.4) is 0 Å². The molecule has 5 atom stereocenters. The van der Waals surface area contributed by atoms with Crippen molar-refractivity contribution in [2.24, 2.45) is 17.8 Å². The summed E-state index contributed by atoms with van der Waals surface area (Å²) >= 11 is 0. The Labute approximate surface area is 185 Å². The van der Waals surface area contributed by atoms with Crippen molar-refractivity contribution in [3.05, 3.63) is 65.7 Å². The van der Waals surface area contributed by atoms with Crippen LogP contribution in [0.1, 0.15) is 24.0 Å². The van der Waals surface area contributed by atoms with Crippen molar-refractivity contribution < 1.29 is 24.5 Å². The Morgan fingerprint density at radius 1 is 1.10 bits per heavy atom. The van der Waals surface area contributed by atoms with E-state index in [2.05, 4.69) is 13.1 Å². The molecule has 0 aromatic heterocycles. The first-order valence-electron chi connectivity index (χ1n) is 11.3. The Morgan fingerprint density at radius 2 is 1.81 bits per heavy atom. The maximum absolute atomic E-state index is 12.8. The summed E-state index contributed by atoms with van der Waals surface area (Å²) in [5.41, 5.74) is 0.277. The lowest BCUT2D eigenvalue weighted by atomic mass is 9.76. The van der Waals surface area contributed by atoms with E-state index >= 15 is 0 Å². The first-order valence-corrected chi connectivity index (χ1v) is 14.4. The van der Waals surface area contributed by atoms with Crippen molar-refractivity contribution >= 4 is 14.8 Å². The van der Waals surface area contributed by atoms with Crippen molar-refractivity contribution in [1.82, 2.24) is 0 Å². The second-order valence-corrected chi connectivity index (χ2v) is 12.7. The summed E-state index contributed by atoms with van der Waals surface area (Å²) in [7, 11) is -0.786. The first-order chi connectivity index (χ1) is 14.9. The van der Waals surface area contributed by atoms with Crippen molar-refractivity contribution in [1.29, 1.82) is 0 Å². The van der Waals surface area contributed by atoms with Crippen LogP contribution >= 0.6 is 0 Å². The molecule has 0 radical (unpaired) electrons. The fourth-order valence-electron chi connectivity index (χ4n) is 5.20. The molecule has 2 aliphatic rings. The summed E-state index contributed by atoms with van der Waals surface area (Å²) in [6, 6.07) is 18.1. The molecule has 166 valence electrons. The van der Waals surface area contributed by atoms with Gasteiger partial charge >= 0.3 is 5.97 Å². The molecule has 2 aromatic rings. The molecule has 2 bridgehead atoms. The molecule has 5 nitrogen and oxygen atoms in total. The third-order valence-electron chi connectivity index (χ3n) is 6.90. The van der Waals surface area contributed by atoms with Gasteiger partial charge in [-0.25, -0.2) is 0 Å². The molecule has 2 saturated carbocycles. The zero-order valence-electron chi connectivity index (χ0n) is 18.2. The van der Waals surface area contributed by atoms with Gasteiger partial charge in [-0.15, -0.1) is 0 Å². The van der Waals surface area contributed by atoms with Crippen molar-refractivity contribution in [3.63, 3.8) is 0 Å². The molecule has 2 aliphatic carbocycles. The summed E-state index contributed by atoms with van der Waals surface area (Å²) in [5.74, 6) is -0.592. The first kappa shape index (κ1) is 22.1. The van der Waals surface area contributed by atoms with Crippen LogP contribution in [0.15, 0.2) is 54.6 Å². The average Bonchev–Trinajstić information content (AvgIpc) is 3.30. The quantitative estimate of drug-likeness (QED) is 0.485. The molecule has 6 heteroatoms. The van der Waals surface area contributed by atoms with Gasteiger partial charge in [0.2, 0.25) is 0 Å². The molecule has 2 fully saturated rings. The lowest BCUT2D eigenvalue weighted by molar-refractivity contribution is -0.151. The van der Waals surface area contributed by atoms with Gasteiger partial charge in [0.05, 0.1) is 18.6 Å². The molecule has 31 heavy (non-hydrogen) atoms. The van der Waals surface area contributed by atoms with Gasteiger partial charge in [0, 0.05) is 20.6 Å². The third-order valence-corrected chi connectivity index (χ3v) is 8.29. The minimum absolute atomic E-state index is 0.257. The smallest absolute Gasteiger partial charge is 0.309 e. The Balaban J connectivity index is 1.45. The van der Waals surface area contributed by atoms with Crippen LogP contribution in [-0.4, -0.2) is 37.7 Å². The normalized spacial score (nSPS) is 29.3. The number of aliphatic hydroxyl groups is 2. The van der Waals surface area contributed by atoms with Gasteiger partial charge in [-0.1, -0.05) is 55.6 Å². The van der Waals surface area contributed by atoms with Crippen LogP contribution in [0.5, 0.6) is 5.75 Å². The number of ether oxygens (including phenoxy) is 2. The number of benzene rings is 2. The number of carbonyl (C=O) groups excluding carboxylic acids is 1. The lowest BCUT2D eigenvalue weighted by Crippen LogP contribution is -2.44. The number of rotatable bonds is 8. The number of carbonyl (C=O) groups is 1. The Bertz CT molecular complexity index is 885. The predicted octanol–water partition coefficient (Wildman–Crippen LogP) is 3.50.